The van der Waals surface area contributed by atoms with Crippen molar-refractivity contribution in [2.24, 2.45) is 0 Å². The molecule has 1 saturated heterocycles. The average molecular weight is 553 g/mol. The molecule has 0 N–H and O–H groups in total. The first kappa shape index (κ1) is 27.6. The molecule has 1 aliphatic rings. The van der Waals surface area contributed by atoms with E-state index in [1.165, 1.54) is 18.2 Å². The van der Waals surface area contributed by atoms with E-state index in [9.17, 15) is 23.3 Å². The van der Waals surface area contributed by atoms with Crippen molar-refractivity contribution in [3.63, 3.8) is 0 Å². The van der Waals surface area contributed by atoms with Gasteiger partial charge in [0.2, 0.25) is 11.7 Å². The van der Waals surface area contributed by atoms with E-state index < -0.39 is 49.2 Å². The fraction of sp³-hybridized carbons (Fsp3) is 0.476. The second-order valence-corrected chi connectivity index (χ2v) is 10.3. The summed E-state index contributed by atoms with van der Waals surface area (Å²) in [4.78, 5) is 38.0. The first-order valence-corrected chi connectivity index (χ1v) is 13.1. The molecule has 1 fully saturated rings. The summed E-state index contributed by atoms with van der Waals surface area (Å²) >= 11 is 12.0. The van der Waals surface area contributed by atoms with Crippen LogP contribution >= 0.6 is 30.8 Å². The lowest BCUT2D eigenvalue weighted by Crippen LogP contribution is -2.44. The van der Waals surface area contributed by atoms with E-state index in [1.54, 1.807) is 13.8 Å². The molecule has 192 valence electrons. The second kappa shape index (κ2) is 11.8. The third kappa shape index (κ3) is 6.22. The summed E-state index contributed by atoms with van der Waals surface area (Å²) in [6, 6.07) is 4.14. The van der Waals surface area contributed by atoms with Crippen molar-refractivity contribution in [1.82, 2.24) is 9.13 Å². The van der Waals surface area contributed by atoms with Gasteiger partial charge < -0.3 is 18.5 Å². The van der Waals surface area contributed by atoms with E-state index in [-0.39, 0.29) is 28.8 Å². The zero-order chi connectivity index (χ0) is 25.8. The summed E-state index contributed by atoms with van der Waals surface area (Å²) in [6.45, 7) is 2.47. The maximum Gasteiger partial charge on any atom is 0.375 e. The number of hydrogen-bond donors (Lipinski definition) is 0. The third-order valence-corrected chi connectivity index (χ3v) is 7.99. The molecule has 3 rings (SSSR count). The molecule has 35 heavy (non-hydrogen) atoms. The summed E-state index contributed by atoms with van der Waals surface area (Å²) in [5.74, 6) is -4.01. The highest BCUT2D eigenvalue weighted by atomic mass is 35.5. The van der Waals surface area contributed by atoms with Crippen LogP contribution in [0.1, 0.15) is 44.3 Å². The molecule has 0 aliphatic carbocycles. The Bertz CT molecular complexity index is 1230. The van der Waals surface area contributed by atoms with Crippen molar-refractivity contribution < 1.29 is 32.3 Å². The van der Waals surface area contributed by atoms with Gasteiger partial charge in [-0.2, -0.15) is 4.39 Å². The quantitative estimate of drug-likeness (QED) is 0.317. The largest absolute Gasteiger partial charge is 0.443 e. The van der Waals surface area contributed by atoms with Crippen molar-refractivity contribution in [1.29, 1.82) is 0 Å². The van der Waals surface area contributed by atoms with Crippen LogP contribution in [0.25, 0.3) is 0 Å². The molecule has 1 aromatic carbocycles. The highest BCUT2D eigenvalue weighted by Gasteiger charge is 2.41. The Morgan fingerprint density at radius 1 is 1.23 bits per heavy atom. The van der Waals surface area contributed by atoms with Gasteiger partial charge in [-0.1, -0.05) is 29.3 Å². The standard InChI is InChI=1S/C21H24Cl2FN2O8P/c1-3-32-35(30,33-4-2)20(13-7-8-14(22)15(23)10-13)34-18(27)12-26-19(28)16(24)11-25(21(26)29)17-6-5-9-31-17/h7-8,10-11,17,20H,3-6,9,12H2,1-2H3/t17-,20?/m1/s1. The van der Waals surface area contributed by atoms with Crippen LogP contribution in [0.3, 0.4) is 0 Å². The first-order chi connectivity index (χ1) is 16.6. The Labute approximate surface area is 210 Å². The van der Waals surface area contributed by atoms with Crippen LogP contribution < -0.4 is 11.2 Å². The number of rotatable bonds is 10. The number of esters is 1. The Kier molecular flexibility index (Phi) is 9.31. The molecule has 14 heteroatoms. The van der Waals surface area contributed by atoms with Gasteiger partial charge in [0.25, 0.3) is 5.56 Å². The zero-order valence-electron chi connectivity index (χ0n) is 18.9. The molecule has 0 spiro atoms. The molecule has 2 aromatic rings. The average Bonchev–Trinajstić information content (AvgIpc) is 3.34. The number of carbonyl (C=O) groups excluding carboxylic acids is 1. The highest BCUT2D eigenvalue weighted by molar-refractivity contribution is 7.54. The molecule has 10 nitrogen and oxygen atoms in total. The third-order valence-electron chi connectivity index (χ3n) is 5.03. The number of halogens is 3. The summed E-state index contributed by atoms with van der Waals surface area (Å²) in [7, 11) is -4.11. The van der Waals surface area contributed by atoms with Crippen molar-refractivity contribution in [2.45, 2.75) is 45.3 Å². The first-order valence-electron chi connectivity index (χ1n) is 10.8. The van der Waals surface area contributed by atoms with Crippen molar-refractivity contribution in [2.75, 3.05) is 19.8 Å². The van der Waals surface area contributed by atoms with Crippen LogP contribution in [0.4, 0.5) is 4.39 Å². The molecule has 2 heterocycles. The van der Waals surface area contributed by atoms with E-state index in [4.69, 9.17) is 41.7 Å². The van der Waals surface area contributed by atoms with Crippen LogP contribution in [0.15, 0.2) is 34.0 Å². The molecule has 1 unspecified atom stereocenters. The minimum absolute atomic E-state index is 0.0396. The van der Waals surface area contributed by atoms with E-state index >= 15 is 0 Å². The molecule has 0 saturated carbocycles. The topological polar surface area (TPSA) is 115 Å². The van der Waals surface area contributed by atoms with E-state index in [0.29, 0.717) is 24.0 Å². The lowest BCUT2D eigenvalue weighted by Gasteiger charge is -2.26. The number of benzene rings is 1. The maximum atomic E-state index is 14.3. The van der Waals surface area contributed by atoms with Crippen LogP contribution in [-0.4, -0.2) is 34.9 Å². The Hall–Kier alpha value is -2.01. The summed E-state index contributed by atoms with van der Waals surface area (Å²) in [5, 5.41) is 0.287. The van der Waals surface area contributed by atoms with Crippen LogP contribution in [0, 0.1) is 5.82 Å². The van der Waals surface area contributed by atoms with Crippen LogP contribution in [-0.2, 0) is 34.4 Å². The number of ether oxygens (including phenoxy) is 2. The summed E-state index contributed by atoms with van der Waals surface area (Å²) in [6.07, 6.45) is 1.07. The molecule has 2 atom stereocenters. The molecule has 0 amide bonds. The highest BCUT2D eigenvalue weighted by Crippen LogP contribution is 2.61. The zero-order valence-corrected chi connectivity index (χ0v) is 21.4. The van der Waals surface area contributed by atoms with Crippen molar-refractivity contribution in [3.05, 3.63) is 66.7 Å². The second-order valence-electron chi connectivity index (χ2n) is 7.42. The van der Waals surface area contributed by atoms with Crippen molar-refractivity contribution >= 4 is 36.8 Å². The minimum Gasteiger partial charge on any atom is -0.443 e. The molecular formula is C21H24Cl2FN2O8P. The van der Waals surface area contributed by atoms with Crippen molar-refractivity contribution in [3.8, 4) is 0 Å². The predicted molar refractivity (Wildman–Crippen MR) is 125 cm³/mol. The predicted octanol–water partition coefficient (Wildman–Crippen LogP) is 4.27. The molecule has 1 aliphatic heterocycles. The Morgan fingerprint density at radius 2 is 1.91 bits per heavy atom. The summed E-state index contributed by atoms with van der Waals surface area (Å²) in [5.41, 5.74) is -2.13. The van der Waals surface area contributed by atoms with E-state index in [2.05, 4.69) is 0 Å². The normalized spacial score (nSPS) is 16.9. The lowest BCUT2D eigenvalue weighted by atomic mass is 10.2. The Balaban J connectivity index is 1.97. The Morgan fingerprint density at radius 3 is 2.49 bits per heavy atom. The number of hydrogen-bond acceptors (Lipinski definition) is 8. The van der Waals surface area contributed by atoms with Gasteiger partial charge in [0.1, 0.15) is 12.8 Å². The molecule has 0 radical (unpaired) electrons. The van der Waals surface area contributed by atoms with Gasteiger partial charge in [-0.3, -0.25) is 18.7 Å². The minimum atomic E-state index is -4.11. The van der Waals surface area contributed by atoms with Gasteiger partial charge in [0, 0.05) is 12.2 Å². The molecule has 1 aromatic heterocycles. The lowest BCUT2D eigenvalue weighted by molar-refractivity contribution is -0.147. The SMILES string of the molecule is CCOP(=O)(OCC)C(OC(=O)Cn1c(=O)c(F)cn([C@H]2CCCO2)c1=O)c1ccc(Cl)c(Cl)c1. The summed E-state index contributed by atoms with van der Waals surface area (Å²) < 4.78 is 50.6. The maximum absolute atomic E-state index is 14.3. The number of nitrogens with zero attached hydrogens (tertiary/aromatic N) is 2. The van der Waals surface area contributed by atoms with Gasteiger partial charge in [-0.15, -0.1) is 0 Å². The number of aromatic nitrogens is 2. The van der Waals surface area contributed by atoms with Gasteiger partial charge in [-0.25, -0.2) is 9.36 Å². The van der Waals surface area contributed by atoms with Gasteiger partial charge in [-0.05, 0) is 38.8 Å². The molecule has 0 bridgehead atoms. The van der Waals surface area contributed by atoms with Gasteiger partial charge >= 0.3 is 19.3 Å². The fourth-order valence-electron chi connectivity index (χ4n) is 3.52. The molecular weight excluding hydrogens is 529 g/mol. The van der Waals surface area contributed by atoms with Gasteiger partial charge in [0.05, 0.1) is 29.5 Å². The van der Waals surface area contributed by atoms with Gasteiger partial charge in [0.15, 0.2) is 0 Å². The fourth-order valence-corrected chi connectivity index (χ4v) is 5.66. The smallest absolute Gasteiger partial charge is 0.375 e. The van der Waals surface area contributed by atoms with Crippen LogP contribution in [0.5, 0.6) is 0 Å². The monoisotopic (exact) mass is 552 g/mol. The van der Waals surface area contributed by atoms with Crippen LogP contribution in [0.2, 0.25) is 10.0 Å². The number of carbonyl (C=O) groups is 1. The van der Waals surface area contributed by atoms with E-state index in [0.717, 1.165) is 10.8 Å². The van der Waals surface area contributed by atoms with E-state index in [1.807, 2.05) is 0 Å².